The van der Waals surface area contributed by atoms with Gasteiger partial charge in [-0.3, -0.25) is 0 Å². The summed E-state index contributed by atoms with van der Waals surface area (Å²) >= 11 is 0. The van der Waals surface area contributed by atoms with E-state index in [0.717, 1.165) is 5.92 Å². The van der Waals surface area contributed by atoms with Gasteiger partial charge in [0.1, 0.15) is 0 Å². The Kier molecular flexibility index (Phi) is 3.57. The fourth-order valence-corrected chi connectivity index (χ4v) is 2.39. The van der Waals surface area contributed by atoms with Crippen molar-refractivity contribution in [1.29, 1.82) is 0 Å². The third-order valence-corrected chi connectivity index (χ3v) is 3.17. The van der Waals surface area contributed by atoms with Gasteiger partial charge >= 0.3 is 0 Å². The molecule has 12 heavy (non-hydrogen) atoms. The van der Waals surface area contributed by atoms with E-state index in [9.17, 15) is 0 Å². The fraction of sp³-hybridized carbons (Fsp3) is 1.00. The van der Waals surface area contributed by atoms with Crippen LogP contribution in [0.25, 0.3) is 0 Å². The normalized spacial score (nSPS) is 35.8. The van der Waals surface area contributed by atoms with E-state index in [1.165, 1.54) is 44.9 Å². The highest BCUT2D eigenvalue weighted by Crippen LogP contribution is 2.35. The lowest BCUT2D eigenvalue weighted by molar-refractivity contribution is 0.375. The minimum absolute atomic E-state index is 0.217. The van der Waals surface area contributed by atoms with Crippen molar-refractivity contribution in [2.45, 2.75) is 64.3 Å². The van der Waals surface area contributed by atoms with Gasteiger partial charge in [-0.2, -0.15) is 0 Å². The Morgan fingerprint density at radius 3 is 2.67 bits per heavy atom. The van der Waals surface area contributed by atoms with Crippen molar-refractivity contribution in [3.05, 3.63) is 0 Å². The minimum Gasteiger partial charge on any atom is -0.325 e. The molecule has 2 unspecified atom stereocenters. The van der Waals surface area contributed by atoms with Gasteiger partial charge < -0.3 is 5.73 Å². The van der Waals surface area contributed by atoms with E-state index in [1.807, 2.05) is 0 Å². The van der Waals surface area contributed by atoms with Crippen molar-refractivity contribution in [2.75, 3.05) is 0 Å². The van der Waals surface area contributed by atoms with Crippen LogP contribution < -0.4 is 5.73 Å². The molecule has 1 saturated carbocycles. The Morgan fingerprint density at radius 1 is 1.42 bits per heavy atom. The van der Waals surface area contributed by atoms with Crippen molar-refractivity contribution in [1.82, 2.24) is 0 Å². The fourth-order valence-electron chi connectivity index (χ4n) is 2.39. The third-order valence-electron chi connectivity index (χ3n) is 3.17. The van der Waals surface area contributed by atoms with Gasteiger partial charge in [0.25, 0.3) is 0 Å². The first-order chi connectivity index (χ1) is 5.66. The molecule has 0 aromatic carbocycles. The first-order valence-electron chi connectivity index (χ1n) is 5.45. The second-order valence-electron chi connectivity index (χ2n) is 4.67. The molecule has 1 aliphatic rings. The van der Waals surface area contributed by atoms with Crippen molar-refractivity contribution in [3.8, 4) is 0 Å². The Hall–Kier alpha value is -0.0400. The predicted molar refractivity (Wildman–Crippen MR) is 54.1 cm³/mol. The molecule has 0 spiro atoms. The SMILES string of the molecule is CCCCCC1(N)CCC(C)C1. The summed E-state index contributed by atoms with van der Waals surface area (Å²) in [4.78, 5) is 0. The first-order valence-corrected chi connectivity index (χ1v) is 5.45. The molecule has 0 saturated heterocycles. The molecule has 0 amide bonds. The van der Waals surface area contributed by atoms with Crippen LogP contribution >= 0.6 is 0 Å². The molecule has 0 radical (unpaired) electrons. The summed E-state index contributed by atoms with van der Waals surface area (Å²) in [5.41, 5.74) is 6.51. The van der Waals surface area contributed by atoms with Crippen molar-refractivity contribution in [3.63, 3.8) is 0 Å². The molecule has 0 aromatic heterocycles. The van der Waals surface area contributed by atoms with Crippen molar-refractivity contribution in [2.24, 2.45) is 11.7 Å². The van der Waals surface area contributed by atoms with Crippen molar-refractivity contribution >= 4 is 0 Å². The molecule has 0 bridgehead atoms. The van der Waals surface area contributed by atoms with Crippen LogP contribution in [0.2, 0.25) is 0 Å². The zero-order chi connectivity index (χ0) is 9.03. The highest BCUT2D eigenvalue weighted by Gasteiger charge is 2.32. The van der Waals surface area contributed by atoms with Crippen LogP contribution in [0.15, 0.2) is 0 Å². The smallest absolute Gasteiger partial charge is 0.0157 e. The number of hydrogen-bond acceptors (Lipinski definition) is 1. The number of rotatable bonds is 4. The third kappa shape index (κ3) is 2.78. The minimum atomic E-state index is 0.217. The van der Waals surface area contributed by atoms with Crippen molar-refractivity contribution < 1.29 is 0 Å². The maximum absolute atomic E-state index is 6.29. The monoisotopic (exact) mass is 169 g/mol. The largest absolute Gasteiger partial charge is 0.325 e. The molecule has 0 aliphatic heterocycles. The summed E-state index contributed by atoms with van der Waals surface area (Å²) in [6.45, 7) is 4.58. The summed E-state index contributed by atoms with van der Waals surface area (Å²) in [7, 11) is 0. The van der Waals surface area contributed by atoms with E-state index < -0.39 is 0 Å². The molecule has 2 atom stereocenters. The van der Waals surface area contributed by atoms with E-state index in [4.69, 9.17) is 5.73 Å². The first kappa shape index (κ1) is 10.0. The molecule has 1 nitrogen and oxygen atoms in total. The highest BCUT2D eigenvalue weighted by molar-refractivity contribution is 4.91. The highest BCUT2D eigenvalue weighted by atomic mass is 14.8. The summed E-state index contributed by atoms with van der Waals surface area (Å²) in [5.74, 6) is 0.872. The van der Waals surface area contributed by atoms with Gasteiger partial charge in [0.2, 0.25) is 0 Å². The summed E-state index contributed by atoms with van der Waals surface area (Å²) < 4.78 is 0. The molecule has 1 heteroatoms. The van der Waals surface area contributed by atoms with Gasteiger partial charge in [-0.1, -0.05) is 33.1 Å². The molecule has 1 aliphatic carbocycles. The van der Waals surface area contributed by atoms with E-state index in [1.54, 1.807) is 0 Å². The molecular weight excluding hydrogens is 146 g/mol. The zero-order valence-corrected chi connectivity index (χ0v) is 8.60. The van der Waals surface area contributed by atoms with Crippen LogP contribution in [-0.2, 0) is 0 Å². The van der Waals surface area contributed by atoms with Crippen LogP contribution in [0, 0.1) is 5.92 Å². The lowest BCUT2D eigenvalue weighted by Gasteiger charge is -2.23. The van der Waals surface area contributed by atoms with Gasteiger partial charge in [0.15, 0.2) is 0 Å². The molecule has 0 heterocycles. The maximum atomic E-state index is 6.29. The van der Waals surface area contributed by atoms with E-state index in [-0.39, 0.29) is 5.54 Å². The Labute approximate surface area is 76.7 Å². The van der Waals surface area contributed by atoms with Gasteiger partial charge in [-0.25, -0.2) is 0 Å². The van der Waals surface area contributed by atoms with Crippen LogP contribution in [0.3, 0.4) is 0 Å². The second kappa shape index (κ2) is 4.27. The van der Waals surface area contributed by atoms with E-state index in [2.05, 4.69) is 13.8 Å². The summed E-state index contributed by atoms with van der Waals surface area (Å²) in [5, 5.41) is 0. The van der Waals surface area contributed by atoms with E-state index in [0.29, 0.717) is 0 Å². The van der Waals surface area contributed by atoms with E-state index >= 15 is 0 Å². The van der Waals surface area contributed by atoms with Crippen LogP contribution in [0.4, 0.5) is 0 Å². The molecule has 1 fully saturated rings. The van der Waals surface area contributed by atoms with Crippen LogP contribution in [-0.4, -0.2) is 5.54 Å². The quantitative estimate of drug-likeness (QED) is 0.643. The van der Waals surface area contributed by atoms with Gasteiger partial charge in [-0.15, -0.1) is 0 Å². The van der Waals surface area contributed by atoms with Gasteiger partial charge in [-0.05, 0) is 31.6 Å². The Balaban J connectivity index is 2.21. The lowest BCUT2D eigenvalue weighted by atomic mass is 9.91. The number of unbranched alkanes of at least 4 members (excludes halogenated alkanes) is 2. The van der Waals surface area contributed by atoms with Crippen LogP contribution in [0.1, 0.15) is 58.8 Å². The standard InChI is InChI=1S/C11H23N/c1-3-4-5-7-11(12)8-6-10(2)9-11/h10H,3-9,12H2,1-2H3. The predicted octanol–water partition coefficient (Wildman–Crippen LogP) is 3.08. The topological polar surface area (TPSA) is 26.0 Å². The lowest BCUT2D eigenvalue weighted by Crippen LogP contribution is -2.36. The van der Waals surface area contributed by atoms with Gasteiger partial charge in [0.05, 0.1) is 0 Å². The average Bonchev–Trinajstić information content (AvgIpc) is 2.32. The number of hydrogen-bond donors (Lipinski definition) is 1. The number of nitrogens with two attached hydrogens (primary N) is 1. The summed E-state index contributed by atoms with van der Waals surface area (Å²) in [6, 6.07) is 0. The average molecular weight is 169 g/mol. The molecule has 1 rings (SSSR count). The maximum Gasteiger partial charge on any atom is 0.0157 e. The molecule has 0 aromatic rings. The molecule has 2 N–H and O–H groups in total. The van der Waals surface area contributed by atoms with Gasteiger partial charge in [0, 0.05) is 5.54 Å². The van der Waals surface area contributed by atoms with Crippen LogP contribution in [0.5, 0.6) is 0 Å². The Bertz CT molecular complexity index is 133. The molecule has 72 valence electrons. The summed E-state index contributed by atoms with van der Waals surface area (Å²) in [6.07, 6.45) is 9.13. The molecular formula is C11H23N. The zero-order valence-electron chi connectivity index (χ0n) is 8.60. The Morgan fingerprint density at radius 2 is 2.17 bits per heavy atom. The second-order valence-corrected chi connectivity index (χ2v) is 4.67.